The Labute approximate surface area is 99.0 Å². The van der Waals surface area contributed by atoms with Crippen LogP contribution in [0, 0.1) is 10.1 Å². The Morgan fingerprint density at radius 1 is 1.41 bits per heavy atom. The Morgan fingerprint density at radius 2 is 2.12 bits per heavy atom. The molecule has 1 N–H and O–H groups in total. The molecule has 0 unspecified atom stereocenters. The molecule has 1 fully saturated rings. The number of nitrogens with one attached hydrogen (secondary N) is 1. The van der Waals surface area contributed by atoms with E-state index in [0.29, 0.717) is 11.8 Å². The van der Waals surface area contributed by atoms with Crippen LogP contribution in [0.4, 0.5) is 17.5 Å². The molecular weight excluding hydrogens is 222 g/mol. The quantitative estimate of drug-likeness (QED) is 0.632. The molecular formula is C10H15N5O2. The van der Waals surface area contributed by atoms with E-state index in [1.54, 1.807) is 7.05 Å². The number of rotatable bonds is 3. The molecule has 1 saturated heterocycles. The van der Waals surface area contributed by atoms with Crippen LogP contribution in [0.15, 0.2) is 6.20 Å². The molecule has 0 bridgehead atoms. The average molecular weight is 237 g/mol. The fourth-order valence-electron chi connectivity index (χ4n) is 1.95. The first kappa shape index (κ1) is 11.6. The number of aromatic nitrogens is 2. The van der Waals surface area contributed by atoms with Gasteiger partial charge in [0, 0.05) is 20.1 Å². The van der Waals surface area contributed by atoms with E-state index in [1.807, 2.05) is 4.90 Å². The summed E-state index contributed by atoms with van der Waals surface area (Å²) < 4.78 is 0. The zero-order valence-corrected chi connectivity index (χ0v) is 9.72. The highest BCUT2D eigenvalue weighted by atomic mass is 16.6. The van der Waals surface area contributed by atoms with Crippen LogP contribution in [0.25, 0.3) is 0 Å². The van der Waals surface area contributed by atoms with Crippen LogP contribution < -0.4 is 10.2 Å². The van der Waals surface area contributed by atoms with E-state index in [2.05, 4.69) is 15.3 Å². The summed E-state index contributed by atoms with van der Waals surface area (Å²) >= 11 is 0. The maximum absolute atomic E-state index is 10.9. The van der Waals surface area contributed by atoms with Crippen molar-refractivity contribution in [3.8, 4) is 0 Å². The molecule has 0 aromatic carbocycles. The molecule has 2 rings (SSSR count). The van der Waals surface area contributed by atoms with Gasteiger partial charge < -0.3 is 10.2 Å². The smallest absolute Gasteiger partial charge is 0.329 e. The van der Waals surface area contributed by atoms with Crippen LogP contribution in [0.5, 0.6) is 0 Å². The van der Waals surface area contributed by atoms with Crippen LogP contribution in [0.3, 0.4) is 0 Å². The number of anilines is 2. The molecule has 1 aliphatic rings. The third-order valence-corrected chi connectivity index (χ3v) is 2.83. The topological polar surface area (TPSA) is 84.2 Å². The highest BCUT2D eigenvalue weighted by Gasteiger charge is 2.23. The van der Waals surface area contributed by atoms with Crippen LogP contribution in [-0.2, 0) is 0 Å². The molecule has 1 aliphatic heterocycles. The maximum atomic E-state index is 10.9. The normalized spacial score (nSPS) is 15.7. The number of hydrogen-bond acceptors (Lipinski definition) is 6. The molecule has 2 heterocycles. The second-order valence-corrected chi connectivity index (χ2v) is 3.96. The van der Waals surface area contributed by atoms with E-state index in [-0.39, 0.29) is 5.69 Å². The van der Waals surface area contributed by atoms with E-state index < -0.39 is 4.92 Å². The Balaban J connectivity index is 2.36. The highest BCUT2D eigenvalue weighted by Crippen LogP contribution is 2.28. The maximum Gasteiger partial charge on any atom is 0.329 e. The van der Waals surface area contributed by atoms with E-state index in [1.165, 1.54) is 12.6 Å². The predicted octanol–water partition coefficient (Wildman–Crippen LogP) is 1.42. The van der Waals surface area contributed by atoms with Crippen molar-refractivity contribution in [2.75, 3.05) is 30.4 Å². The lowest BCUT2D eigenvalue weighted by Crippen LogP contribution is -2.31. The molecule has 1 aromatic rings. The summed E-state index contributed by atoms with van der Waals surface area (Å²) in [6.45, 7) is 1.64. The fraction of sp³-hybridized carbons (Fsp3) is 0.600. The largest absolute Gasteiger partial charge is 0.357 e. The zero-order valence-electron chi connectivity index (χ0n) is 9.72. The molecule has 0 aliphatic carbocycles. The first-order chi connectivity index (χ1) is 8.22. The van der Waals surface area contributed by atoms with Gasteiger partial charge in [0.25, 0.3) is 0 Å². The van der Waals surface area contributed by atoms with Gasteiger partial charge in [-0.1, -0.05) is 0 Å². The molecule has 7 nitrogen and oxygen atoms in total. The summed E-state index contributed by atoms with van der Waals surface area (Å²) in [5.41, 5.74) is -0.0223. The summed E-state index contributed by atoms with van der Waals surface area (Å²) in [5, 5.41) is 13.7. The minimum atomic E-state index is -0.427. The van der Waals surface area contributed by atoms with Gasteiger partial charge in [0.2, 0.25) is 11.8 Å². The van der Waals surface area contributed by atoms with Crippen molar-refractivity contribution in [3.63, 3.8) is 0 Å². The van der Waals surface area contributed by atoms with Crippen molar-refractivity contribution in [3.05, 3.63) is 16.3 Å². The molecule has 17 heavy (non-hydrogen) atoms. The van der Waals surface area contributed by atoms with Gasteiger partial charge in [-0.15, -0.1) is 0 Å². The SMILES string of the molecule is CNc1ncc([N+](=O)[O-])c(N2CCCCC2)n1. The van der Waals surface area contributed by atoms with Crippen molar-refractivity contribution in [2.45, 2.75) is 19.3 Å². The Bertz CT molecular complexity index is 417. The van der Waals surface area contributed by atoms with Crippen molar-refractivity contribution in [1.29, 1.82) is 0 Å². The van der Waals surface area contributed by atoms with Gasteiger partial charge in [-0.3, -0.25) is 10.1 Å². The lowest BCUT2D eigenvalue weighted by molar-refractivity contribution is -0.384. The Morgan fingerprint density at radius 3 is 2.71 bits per heavy atom. The van der Waals surface area contributed by atoms with Crippen LogP contribution in [0.1, 0.15) is 19.3 Å². The van der Waals surface area contributed by atoms with Crippen molar-refractivity contribution >= 4 is 17.5 Å². The lowest BCUT2D eigenvalue weighted by atomic mass is 10.1. The van der Waals surface area contributed by atoms with E-state index in [0.717, 1.165) is 25.9 Å². The highest BCUT2D eigenvalue weighted by molar-refractivity contribution is 5.59. The molecule has 7 heteroatoms. The number of hydrogen-bond donors (Lipinski definition) is 1. The minimum Gasteiger partial charge on any atom is -0.357 e. The third-order valence-electron chi connectivity index (χ3n) is 2.83. The first-order valence-corrected chi connectivity index (χ1v) is 5.66. The van der Waals surface area contributed by atoms with Gasteiger partial charge in [0.15, 0.2) is 0 Å². The first-order valence-electron chi connectivity index (χ1n) is 5.66. The van der Waals surface area contributed by atoms with Gasteiger partial charge in [-0.25, -0.2) is 4.98 Å². The van der Waals surface area contributed by atoms with Crippen LogP contribution in [-0.4, -0.2) is 35.0 Å². The number of nitro groups is 1. The molecule has 0 radical (unpaired) electrons. The Hall–Kier alpha value is -1.92. The van der Waals surface area contributed by atoms with E-state index in [9.17, 15) is 10.1 Å². The van der Waals surface area contributed by atoms with E-state index >= 15 is 0 Å². The Kier molecular flexibility index (Phi) is 3.36. The second-order valence-electron chi connectivity index (χ2n) is 3.96. The van der Waals surface area contributed by atoms with Gasteiger partial charge in [0.05, 0.1) is 4.92 Å². The molecule has 1 aromatic heterocycles. The predicted molar refractivity (Wildman–Crippen MR) is 64.3 cm³/mol. The summed E-state index contributed by atoms with van der Waals surface area (Å²) in [6.07, 6.45) is 4.54. The van der Waals surface area contributed by atoms with Crippen molar-refractivity contribution < 1.29 is 4.92 Å². The van der Waals surface area contributed by atoms with Crippen molar-refractivity contribution in [2.24, 2.45) is 0 Å². The zero-order chi connectivity index (χ0) is 12.3. The molecule has 0 atom stereocenters. The van der Waals surface area contributed by atoms with Gasteiger partial charge >= 0.3 is 5.69 Å². The summed E-state index contributed by atoms with van der Waals surface area (Å²) in [5.74, 6) is 0.838. The summed E-state index contributed by atoms with van der Waals surface area (Å²) in [7, 11) is 1.70. The molecule has 0 saturated carbocycles. The average Bonchev–Trinajstić information content (AvgIpc) is 2.39. The fourth-order valence-corrected chi connectivity index (χ4v) is 1.95. The lowest BCUT2D eigenvalue weighted by Gasteiger charge is -2.27. The van der Waals surface area contributed by atoms with E-state index in [4.69, 9.17) is 0 Å². The van der Waals surface area contributed by atoms with Gasteiger partial charge in [0.1, 0.15) is 6.20 Å². The second kappa shape index (κ2) is 4.94. The standard InChI is InChI=1S/C10H15N5O2/c1-11-10-12-7-8(15(16)17)9(13-10)14-5-3-2-4-6-14/h7H,2-6H2,1H3,(H,11,12,13). The molecule has 0 amide bonds. The number of nitrogens with zero attached hydrogens (tertiary/aromatic N) is 4. The monoisotopic (exact) mass is 237 g/mol. The summed E-state index contributed by atoms with van der Waals surface area (Å²) in [4.78, 5) is 20.6. The summed E-state index contributed by atoms with van der Waals surface area (Å²) in [6, 6.07) is 0. The third kappa shape index (κ3) is 2.43. The van der Waals surface area contributed by atoms with Crippen LogP contribution >= 0.6 is 0 Å². The van der Waals surface area contributed by atoms with Gasteiger partial charge in [-0.2, -0.15) is 4.98 Å². The van der Waals surface area contributed by atoms with Crippen LogP contribution in [0.2, 0.25) is 0 Å². The number of piperidine rings is 1. The van der Waals surface area contributed by atoms with Crippen molar-refractivity contribution in [1.82, 2.24) is 9.97 Å². The molecule has 92 valence electrons. The van der Waals surface area contributed by atoms with Gasteiger partial charge in [-0.05, 0) is 19.3 Å². The molecule has 0 spiro atoms. The minimum absolute atomic E-state index is 0.0223.